The molecule has 0 unspecified atom stereocenters. The van der Waals surface area contributed by atoms with E-state index in [4.69, 9.17) is 47.4 Å². The first kappa shape index (κ1) is 67.4. The van der Waals surface area contributed by atoms with Gasteiger partial charge >= 0.3 is 17.9 Å². The summed E-state index contributed by atoms with van der Waals surface area (Å²) in [6, 6.07) is 0. The molecular formula is C59H92O27. The summed E-state index contributed by atoms with van der Waals surface area (Å²) in [4.78, 5) is 39.7. The van der Waals surface area contributed by atoms with Crippen molar-refractivity contribution < 1.29 is 133 Å². The van der Waals surface area contributed by atoms with E-state index in [1.54, 1.807) is 19.9 Å². The molecule has 490 valence electrons. The summed E-state index contributed by atoms with van der Waals surface area (Å²) in [6.07, 6.45) is -32.4. The van der Waals surface area contributed by atoms with Crippen LogP contribution in [-0.2, 0) is 61.8 Å². The van der Waals surface area contributed by atoms with E-state index in [0.29, 0.717) is 37.7 Å². The van der Waals surface area contributed by atoms with Gasteiger partial charge in [-0.05, 0) is 92.8 Å². The molecule has 0 aromatic heterocycles. The number of aliphatic carboxylic acids is 1. The van der Waals surface area contributed by atoms with Crippen molar-refractivity contribution in [1.29, 1.82) is 0 Å². The van der Waals surface area contributed by atoms with Crippen molar-refractivity contribution >= 4 is 17.9 Å². The van der Waals surface area contributed by atoms with Crippen LogP contribution in [0.5, 0.6) is 0 Å². The normalized spacial score (nSPS) is 51.2. The van der Waals surface area contributed by atoms with Crippen molar-refractivity contribution in [2.75, 3.05) is 33.0 Å². The lowest BCUT2D eigenvalue weighted by Gasteiger charge is -2.72. The molecule has 14 N–H and O–H groups in total. The molecule has 0 aromatic carbocycles. The Morgan fingerprint density at radius 1 is 0.640 bits per heavy atom. The molecule has 4 aliphatic heterocycles. The zero-order valence-electron chi connectivity index (χ0n) is 50.1. The van der Waals surface area contributed by atoms with E-state index in [-0.39, 0.29) is 24.7 Å². The molecule has 27 heteroatoms. The molecule has 4 saturated heterocycles. The van der Waals surface area contributed by atoms with Crippen molar-refractivity contribution in [3.63, 3.8) is 0 Å². The molecule has 0 radical (unpaired) electrons. The van der Waals surface area contributed by atoms with Crippen LogP contribution in [0, 0.1) is 50.2 Å². The third kappa shape index (κ3) is 11.0. The highest BCUT2D eigenvalue weighted by Crippen LogP contribution is 2.76. The maximum atomic E-state index is 13.5. The minimum atomic E-state index is -2.26. The van der Waals surface area contributed by atoms with Crippen LogP contribution >= 0.6 is 0 Å². The molecule has 27 nitrogen and oxygen atoms in total. The van der Waals surface area contributed by atoms with Crippen LogP contribution in [0.25, 0.3) is 0 Å². The number of ether oxygens (including phenoxy) is 10. The van der Waals surface area contributed by atoms with Crippen molar-refractivity contribution in [2.45, 2.75) is 242 Å². The van der Waals surface area contributed by atoms with Crippen LogP contribution in [0.15, 0.2) is 23.3 Å². The van der Waals surface area contributed by atoms with E-state index in [0.717, 1.165) is 5.57 Å². The molecule has 0 spiro atoms. The van der Waals surface area contributed by atoms with Gasteiger partial charge < -0.3 is 119 Å². The molecular weight excluding hydrogens is 1140 g/mol. The lowest BCUT2D eigenvalue weighted by atomic mass is 9.33. The Morgan fingerprint density at radius 2 is 1.27 bits per heavy atom. The van der Waals surface area contributed by atoms with Gasteiger partial charge in [-0.1, -0.05) is 59.3 Å². The zero-order chi connectivity index (χ0) is 63.3. The number of allylic oxidation sites excluding steroid dienone is 3. The first-order valence-electron chi connectivity index (χ1n) is 30.0. The number of carbonyl (C=O) groups is 3. The Kier molecular flexibility index (Phi) is 19.5. The maximum Gasteiger partial charge on any atom is 0.335 e. The number of hydrogen-bond donors (Lipinski definition) is 14. The monoisotopic (exact) mass is 1230 g/mol. The number of aliphatic hydroxyl groups is 13. The summed E-state index contributed by atoms with van der Waals surface area (Å²) in [5.74, 6) is -4.02. The molecule has 0 amide bonds. The molecule has 86 heavy (non-hydrogen) atoms. The number of fused-ring (bicyclic) bond motifs is 7. The Labute approximate surface area is 498 Å². The Morgan fingerprint density at radius 3 is 1.88 bits per heavy atom. The largest absolute Gasteiger partial charge is 0.479 e. The predicted molar refractivity (Wildman–Crippen MR) is 290 cm³/mol. The molecule has 4 saturated carbocycles. The molecule has 8 fully saturated rings. The average Bonchev–Trinajstić information content (AvgIpc) is 0.672. The Bertz CT molecular complexity index is 2510. The second kappa shape index (κ2) is 24.9. The molecule has 5 aliphatic carbocycles. The van der Waals surface area contributed by atoms with Gasteiger partial charge in [0.1, 0.15) is 91.6 Å². The van der Waals surface area contributed by atoms with Gasteiger partial charge in [0.05, 0.1) is 50.7 Å². The number of aliphatic hydroxyl groups excluding tert-OH is 13. The number of hydrogen-bond acceptors (Lipinski definition) is 26. The van der Waals surface area contributed by atoms with Gasteiger partial charge in [0.15, 0.2) is 31.3 Å². The lowest BCUT2D eigenvalue weighted by molar-refractivity contribution is -0.400. The van der Waals surface area contributed by atoms with Gasteiger partial charge in [0.25, 0.3) is 0 Å². The molecule has 4 heterocycles. The topological polar surface area (TPSA) is 427 Å². The second-order valence-electron chi connectivity index (χ2n) is 27.4. The number of carbonyl (C=O) groups excluding carboxylic acids is 2. The SMILES string of the molecule is C/C=C(/C)C(=O)O[C@H]1[C@H](OC(C)=O)[C@]2(CO)[C@H](O)C[C@]3(C)C(=CC[C@H]4[C@@]5(C)CC[C@H](O[C@@H]6O[C@H](C(=O)O)[C@@H](O)[C@H](O[C@@H]7OC[C@H](O)[C@H](O)[C@H]7O[C@@H]7OC[C@@H](O)[C@H](O)[C@H]7O)[C@H]6O[C@@H]6O[C@H](CO)[C@H](O)[C@H](O)[C@H]6O)[C@@](C)(CO)[C@@H]5CC[C@]43C)[C@@H]2CC1(C)C. The number of rotatable bonds is 15. The molecule has 0 bridgehead atoms. The zero-order valence-corrected chi connectivity index (χ0v) is 50.1. The fourth-order valence-electron chi connectivity index (χ4n) is 17.1. The van der Waals surface area contributed by atoms with Gasteiger partial charge in [-0.2, -0.15) is 0 Å². The Balaban J connectivity index is 1.05. The van der Waals surface area contributed by atoms with Gasteiger partial charge in [-0.25, -0.2) is 9.59 Å². The van der Waals surface area contributed by atoms with Crippen LogP contribution in [0.3, 0.4) is 0 Å². The number of carboxylic acids is 1. The average molecular weight is 1230 g/mol. The van der Waals surface area contributed by atoms with Crippen LogP contribution in [0.2, 0.25) is 0 Å². The van der Waals surface area contributed by atoms with E-state index in [1.165, 1.54) is 6.92 Å². The summed E-state index contributed by atoms with van der Waals surface area (Å²) >= 11 is 0. The first-order valence-corrected chi connectivity index (χ1v) is 30.0. The van der Waals surface area contributed by atoms with Crippen molar-refractivity contribution in [2.24, 2.45) is 50.2 Å². The molecule has 9 rings (SSSR count). The smallest absolute Gasteiger partial charge is 0.335 e. The van der Waals surface area contributed by atoms with Crippen LogP contribution < -0.4 is 0 Å². The minimum Gasteiger partial charge on any atom is -0.479 e. The van der Waals surface area contributed by atoms with Crippen LogP contribution in [0.4, 0.5) is 0 Å². The highest BCUT2D eigenvalue weighted by molar-refractivity contribution is 5.87. The highest BCUT2D eigenvalue weighted by atomic mass is 16.8. The van der Waals surface area contributed by atoms with E-state index >= 15 is 0 Å². The highest BCUT2D eigenvalue weighted by Gasteiger charge is 2.74. The van der Waals surface area contributed by atoms with E-state index in [1.807, 2.05) is 20.8 Å². The number of esters is 2. The van der Waals surface area contributed by atoms with E-state index < -0.39 is 224 Å². The van der Waals surface area contributed by atoms with Gasteiger partial charge in [0, 0.05) is 23.3 Å². The lowest BCUT2D eigenvalue weighted by Crippen LogP contribution is -2.72. The predicted octanol–water partition coefficient (Wildman–Crippen LogP) is -2.22. The summed E-state index contributed by atoms with van der Waals surface area (Å²) in [5, 5.41) is 156. The molecule has 30 atom stereocenters. The Hall–Kier alpha value is -2.95. The van der Waals surface area contributed by atoms with E-state index in [2.05, 4.69) is 26.8 Å². The van der Waals surface area contributed by atoms with Crippen molar-refractivity contribution in [3.05, 3.63) is 23.3 Å². The third-order valence-electron chi connectivity index (χ3n) is 22.4. The van der Waals surface area contributed by atoms with Gasteiger partial charge in [0.2, 0.25) is 0 Å². The fourth-order valence-corrected chi connectivity index (χ4v) is 17.1. The van der Waals surface area contributed by atoms with Crippen LogP contribution in [-0.4, -0.2) is 257 Å². The first-order chi connectivity index (χ1) is 40.3. The van der Waals surface area contributed by atoms with Gasteiger partial charge in [-0.15, -0.1) is 0 Å². The standard InChI is InChI=1S/C59H92O27/c1-10-24(2)49(76)86-46-47(79-25(3)63)59(23-62)27(17-54(46,4)5)26-11-12-32-55(6)15-14-34(56(7,22-61)31(55)13-16-57(32,8)58(26,9)18-33(59)66)81-53-45(85-51-40(72)38(70)37(69)30(19-60)80-51)42(41(73)43(83-53)48(74)75)82-52-44(36(68)29(65)21-78-52)84-50-39(71)35(67)28(64)20-77-50/h10-11,27-47,50-53,60-62,64-73H,12-23H2,1-9H3,(H,74,75)/b24-10-/t27-,28+,29-,30+,31+,32-,33+,34-,35-,36-,37-,38-,39+,40+,41-,42-,43-,44+,45+,46-,47-,50-,51-,52-,53+,55-,56-,57+,58+,59-/m0/s1. The summed E-state index contributed by atoms with van der Waals surface area (Å²) in [5.41, 5.74) is -4.00. The van der Waals surface area contributed by atoms with Crippen molar-refractivity contribution in [1.82, 2.24) is 0 Å². The third-order valence-corrected chi connectivity index (χ3v) is 22.4. The van der Waals surface area contributed by atoms with E-state index in [9.17, 15) is 85.9 Å². The number of carboxylic acid groups (broad SMARTS) is 1. The minimum absolute atomic E-state index is 0.118. The molecule has 9 aliphatic rings. The quantitative estimate of drug-likeness (QED) is 0.0357. The van der Waals surface area contributed by atoms with Crippen molar-refractivity contribution in [3.8, 4) is 0 Å². The summed E-state index contributed by atoms with van der Waals surface area (Å²) in [6.45, 7) is 13.6. The summed E-state index contributed by atoms with van der Waals surface area (Å²) in [7, 11) is 0. The summed E-state index contributed by atoms with van der Waals surface area (Å²) < 4.78 is 60.7. The fraction of sp³-hybridized carbons (Fsp3) is 0.881. The van der Waals surface area contributed by atoms with Gasteiger partial charge in [-0.3, -0.25) is 4.79 Å². The molecule has 0 aromatic rings. The second-order valence-corrected chi connectivity index (χ2v) is 27.4. The maximum absolute atomic E-state index is 13.5. The van der Waals surface area contributed by atoms with Crippen LogP contribution in [0.1, 0.15) is 107 Å².